The Labute approximate surface area is 155 Å². The van der Waals surface area contributed by atoms with E-state index in [1.54, 1.807) is 0 Å². The van der Waals surface area contributed by atoms with E-state index in [1.165, 1.54) is 26.4 Å². The van der Waals surface area contributed by atoms with Gasteiger partial charge < -0.3 is 14.2 Å². The number of methoxy groups -OCH3 is 1. The summed E-state index contributed by atoms with van der Waals surface area (Å²) in [4.78, 5) is 11.9. The maximum Gasteiger partial charge on any atom is 0.305 e. The van der Waals surface area contributed by atoms with Crippen LogP contribution >= 0.6 is 0 Å². The number of unbranched alkanes of at least 4 members (excludes halogenated alkanes) is 4. The van der Waals surface area contributed by atoms with Gasteiger partial charge in [-0.2, -0.15) is 0 Å². The molecule has 148 valence electrons. The Balaban J connectivity index is 2.86. The Morgan fingerprint density at radius 1 is 0.960 bits per heavy atom. The first-order valence-corrected chi connectivity index (χ1v) is 10.5. The fourth-order valence-corrected chi connectivity index (χ4v) is 3.92. The molecule has 0 aromatic rings. The van der Waals surface area contributed by atoms with Gasteiger partial charge in [-0.25, -0.2) is 0 Å². The number of ether oxygens (including phenoxy) is 3. The van der Waals surface area contributed by atoms with Gasteiger partial charge in [-0.05, 0) is 31.6 Å². The van der Waals surface area contributed by atoms with Crippen LogP contribution in [0.25, 0.3) is 0 Å². The quantitative estimate of drug-likeness (QED) is 0.235. The van der Waals surface area contributed by atoms with Crippen LogP contribution in [0.15, 0.2) is 0 Å². The van der Waals surface area contributed by atoms with Crippen LogP contribution in [0.4, 0.5) is 0 Å². The minimum atomic E-state index is -0.489. The van der Waals surface area contributed by atoms with Crippen LogP contribution in [0.2, 0.25) is 0 Å². The van der Waals surface area contributed by atoms with Crippen LogP contribution in [0.5, 0.6) is 0 Å². The van der Waals surface area contributed by atoms with Gasteiger partial charge in [0.15, 0.2) is 5.79 Å². The van der Waals surface area contributed by atoms with Gasteiger partial charge in [0.25, 0.3) is 0 Å². The van der Waals surface area contributed by atoms with E-state index in [2.05, 4.69) is 20.8 Å². The van der Waals surface area contributed by atoms with E-state index in [-0.39, 0.29) is 5.97 Å². The highest BCUT2D eigenvalue weighted by molar-refractivity contribution is 5.69. The van der Waals surface area contributed by atoms with Crippen LogP contribution in [-0.4, -0.2) is 32.1 Å². The van der Waals surface area contributed by atoms with Gasteiger partial charge >= 0.3 is 5.97 Å². The van der Waals surface area contributed by atoms with Crippen LogP contribution in [0.3, 0.4) is 0 Å². The fraction of sp³-hybridized carbons (Fsp3) is 0.952. The fourth-order valence-electron chi connectivity index (χ4n) is 3.92. The number of esters is 1. The summed E-state index contributed by atoms with van der Waals surface area (Å²) in [6.45, 7) is 8.09. The predicted octanol–water partition coefficient (Wildman–Crippen LogP) is 5.49. The first-order valence-electron chi connectivity index (χ1n) is 10.5. The van der Waals surface area contributed by atoms with E-state index in [9.17, 15) is 4.79 Å². The van der Waals surface area contributed by atoms with E-state index in [4.69, 9.17) is 14.2 Å². The second-order valence-electron chi connectivity index (χ2n) is 7.40. The standard InChI is InChI=1S/C21H40O4/c1-5-8-11-12-19-18(17-20(22)23-4)13-14-21(19,24-15-9-6-2)25-16-10-7-3/h18-19H,5-17H2,1-4H3. The van der Waals surface area contributed by atoms with Crippen molar-refractivity contribution in [2.24, 2.45) is 11.8 Å². The van der Waals surface area contributed by atoms with Gasteiger partial charge in [0, 0.05) is 18.8 Å². The Kier molecular flexibility index (Phi) is 11.4. The number of hydrogen-bond donors (Lipinski definition) is 0. The van der Waals surface area contributed by atoms with Crippen LogP contribution in [-0.2, 0) is 19.0 Å². The first kappa shape index (κ1) is 22.4. The summed E-state index contributed by atoms with van der Waals surface area (Å²) in [5, 5.41) is 0. The van der Waals surface area contributed by atoms with Crippen molar-refractivity contribution in [1.29, 1.82) is 0 Å². The summed E-state index contributed by atoms with van der Waals surface area (Å²) < 4.78 is 17.7. The maximum atomic E-state index is 11.9. The molecule has 0 bridgehead atoms. The van der Waals surface area contributed by atoms with E-state index in [0.29, 0.717) is 18.3 Å². The van der Waals surface area contributed by atoms with Crippen LogP contribution in [0, 0.1) is 11.8 Å². The molecule has 0 N–H and O–H groups in total. The zero-order chi connectivity index (χ0) is 18.5. The average Bonchev–Trinajstić information content (AvgIpc) is 2.93. The third-order valence-corrected chi connectivity index (χ3v) is 5.46. The second-order valence-corrected chi connectivity index (χ2v) is 7.40. The molecule has 2 atom stereocenters. The largest absolute Gasteiger partial charge is 0.469 e. The monoisotopic (exact) mass is 356 g/mol. The van der Waals surface area contributed by atoms with Crippen molar-refractivity contribution in [3.63, 3.8) is 0 Å². The molecule has 0 spiro atoms. The summed E-state index contributed by atoms with van der Waals surface area (Å²) in [6.07, 6.45) is 11.4. The summed E-state index contributed by atoms with van der Waals surface area (Å²) in [5.41, 5.74) is 0. The average molecular weight is 357 g/mol. The molecule has 0 aromatic heterocycles. The molecule has 0 amide bonds. The molecule has 25 heavy (non-hydrogen) atoms. The molecule has 0 radical (unpaired) electrons. The molecule has 2 unspecified atom stereocenters. The van der Waals surface area contributed by atoms with Crippen molar-refractivity contribution < 1.29 is 19.0 Å². The molecule has 0 aliphatic heterocycles. The van der Waals surface area contributed by atoms with E-state index >= 15 is 0 Å². The number of carbonyl (C=O) groups is 1. The molecule has 0 heterocycles. The number of carbonyl (C=O) groups excluding carboxylic acids is 1. The number of rotatable bonds is 14. The Bertz CT molecular complexity index is 346. The van der Waals surface area contributed by atoms with Crippen LogP contribution in [0.1, 0.15) is 91.4 Å². The molecule has 1 aliphatic carbocycles. The molecule has 1 aliphatic rings. The molecule has 1 rings (SSSR count). The van der Waals surface area contributed by atoms with E-state index in [1.807, 2.05) is 0 Å². The lowest BCUT2D eigenvalue weighted by Gasteiger charge is -2.37. The van der Waals surface area contributed by atoms with Crippen molar-refractivity contribution in [3.8, 4) is 0 Å². The molecular weight excluding hydrogens is 316 g/mol. The van der Waals surface area contributed by atoms with Gasteiger partial charge in [0.1, 0.15) is 0 Å². The van der Waals surface area contributed by atoms with Gasteiger partial charge in [0.05, 0.1) is 20.3 Å². The Morgan fingerprint density at radius 3 is 2.08 bits per heavy atom. The van der Waals surface area contributed by atoms with Gasteiger partial charge in [-0.3, -0.25) is 4.79 Å². The normalized spacial score (nSPS) is 22.2. The molecule has 1 fully saturated rings. The second kappa shape index (κ2) is 12.7. The van der Waals surface area contributed by atoms with Crippen molar-refractivity contribution >= 4 is 5.97 Å². The highest BCUT2D eigenvalue weighted by atomic mass is 16.7. The minimum absolute atomic E-state index is 0.108. The SMILES string of the molecule is CCCCCC1C(CC(=O)OC)CCC1(OCCCC)OCCCC. The zero-order valence-corrected chi connectivity index (χ0v) is 17.0. The minimum Gasteiger partial charge on any atom is -0.469 e. The van der Waals surface area contributed by atoms with Crippen molar-refractivity contribution in [2.75, 3.05) is 20.3 Å². The molecule has 4 heteroatoms. The highest BCUT2D eigenvalue weighted by Gasteiger charge is 2.50. The lowest BCUT2D eigenvalue weighted by atomic mass is 9.85. The summed E-state index contributed by atoms with van der Waals surface area (Å²) in [7, 11) is 1.48. The summed E-state index contributed by atoms with van der Waals surface area (Å²) in [6, 6.07) is 0. The van der Waals surface area contributed by atoms with Crippen molar-refractivity contribution in [1.82, 2.24) is 0 Å². The van der Waals surface area contributed by atoms with E-state index in [0.717, 1.165) is 58.2 Å². The van der Waals surface area contributed by atoms with Gasteiger partial charge in [0.2, 0.25) is 0 Å². The summed E-state index contributed by atoms with van der Waals surface area (Å²) >= 11 is 0. The molecule has 1 saturated carbocycles. The summed E-state index contributed by atoms with van der Waals surface area (Å²) in [5.74, 6) is 0.0133. The van der Waals surface area contributed by atoms with Gasteiger partial charge in [-0.1, -0.05) is 52.9 Å². The maximum absolute atomic E-state index is 11.9. The zero-order valence-electron chi connectivity index (χ0n) is 17.0. The van der Waals surface area contributed by atoms with Gasteiger partial charge in [-0.15, -0.1) is 0 Å². The lowest BCUT2D eigenvalue weighted by molar-refractivity contribution is -0.262. The molecule has 0 aromatic carbocycles. The highest BCUT2D eigenvalue weighted by Crippen LogP contribution is 2.48. The topological polar surface area (TPSA) is 44.8 Å². The predicted molar refractivity (Wildman–Crippen MR) is 101 cm³/mol. The van der Waals surface area contributed by atoms with Crippen molar-refractivity contribution in [3.05, 3.63) is 0 Å². The molecular formula is C21H40O4. The Morgan fingerprint density at radius 2 is 1.56 bits per heavy atom. The Hall–Kier alpha value is -0.610. The lowest BCUT2D eigenvalue weighted by Crippen LogP contribution is -2.42. The van der Waals surface area contributed by atoms with Crippen LogP contribution < -0.4 is 0 Å². The first-order chi connectivity index (χ1) is 12.1. The number of hydrogen-bond acceptors (Lipinski definition) is 4. The third kappa shape index (κ3) is 7.26. The third-order valence-electron chi connectivity index (χ3n) is 5.46. The smallest absolute Gasteiger partial charge is 0.305 e. The van der Waals surface area contributed by atoms with Crippen molar-refractivity contribution in [2.45, 2.75) is 97.2 Å². The molecule has 0 saturated heterocycles. The molecule has 4 nitrogen and oxygen atoms in total. The van der Waals surface area contributed by atoms with E-state index < -0.39 is 5.79 Å².